The Balaban J connectivity index is 2.18. The number of aromatic nitrogens is 1. The summed E-state index contributed by atoms with van der Waals surface area (Å²) in [5.41, 5.74) is 0.523. The van der Waals surface area contributed by atoms with E-state index in [4.69, 9.17) is 10.00 Å². The molecule has 0 aliphatic carbocycles. The quantitative estimate of drug-likeness (QED) is 0.797. The van der Waals surface area contributed by atoms with E-state index in [1.165, 1.54) is 6.20 Å². The van der Waals surface area contributed by atoms with Crippen LogP contribution in [0, 0.1) is 14.9 Å². The van der Waals surface area contributed by atoms with Gasteiger partial charge < -0.3 is 4.74 Å². The second-order valence-electron chi connectivity index (χ2n) is 3.06. The molecular formula is C12H7IN2O. The highest BCUT2D eigenvalue weighted by atomic mass is 127. The van der Waals surface area contributed by atoms with Crippen molar-refractivity contribution in [2.24, 2.45) is 0 Å². The molecule has 0 aliphatic rings. The van der Waals surface area contributed by atoms with Crippen LogP contribution < -0.4 is 4.74 Å². The highest BCUT2D eigenvalue weighted by molar-refractivity contribution is 14.1. The van der Waals surface area contributed by atoms with E-state index < -0.39 is 0 Å². The molecule has 0 fully saturated rings. The normalized spacial score (nSPS) is 9.50. The molecule has 0 saturated carbocycles. The van der Waals surface area contributed by atoms with Crippen molar-refractivity contribution in [2.45, 2.75) is 0 Å². The summed E-state index contributed by atoms with van der Waals surface area (Å²) in [7, 11) is 0. The minimum atomic E-state index is 0.487. The van der Waals surface area contributed by atoms with Gasteiger partial charge in [0.05, 0.1) is 5.56 Å². The molecule has 78 valence electrons. The van der Waals surface area contributed by atoms with Crippen molar-refractivity contribution in [1.82, 2.24) is 4.98 Å². The maximum absolute atomic E-state index is 8.62. The Morgan fingerprint density at radius 2 is 2.12 bits per heavy atom. The predicted molar refractivity (Wildman–Crippen MR) is 68.2 cm³/mol. The van der Waals surface area contributed by atoms with E-state index in [0.717, 1.165) is 9.32 Å². The lowest BCUT2D eigenvalue weighted by Gasteiger charge is -2.04. The SMILES string of the molecule is N#Cc1ccc(Oc2cccc(I)c2)nc1. The average molecular weight is 322 g/mol. The van der Waals surface area contributed by atoms with Crippen molar-refractivity contribution < 1.29 is 4.74 Å². The topological polar surface area (TPSA) is 45.9 Å². The van der Waals surface area contributed by atoms with Crippen LogP contribution in [-0.2, 0) is 0 Å². The summed E-state index contributed by atoms with van der Waals surface area (Å²) in [6.07, 6.45) is 1.49. The second-order valence-corrected chi connectivity index (χ2v) is 4.30. The third-order valence-corrected chi connectivity index (χ3v) is 2.55. The maximum Gasteiger partial charge on any atom is 0.219 e. The van der Waals surface area contributed by atoms with Gasteiger partial charge in [0.25, 0.3) is 0 Å². The van der Waals surface area contributed by atoms with E-state index in [0.29, 0.717) is 11.4 Å². The highest BCUT2D eigenvalue weighted by Gasteiger charge is 1.99. The molecule has 1 heterocycles. The van der Waals surface area contributed by atoms with E-state index in [-0.39, 0.29) is 0 Å². The van der Waals surface area contributed by atoms with Gasteiger partial charge >= 0.3 is 0 Å². The van der Waals surface area contributed by atoms with Gasteiger partial charge in [0.15, 0.2) is 0 Å². The molecule has 0 amide bonds. The van der Waals surface area contributed by atoms with Crippen LogP contribution in [0.5, 0.6) is 11.6 Å². The molecule has 4 heteroatoms. The summed E-state index contributed by atoms with van der Waals surface area (Å²) in [6, 6.07) is 13.0. The van der Waals surface area contributed by atoms with E-state index in [9.17, 15) is 0 Å². The molecule has 2 aromatic rings. The molecule has 0 unspecified atom stereocenters. The van der Waals surface area contributed by atoms with E-state index in [2.05, 4.69) is 27.6 Å². The number of ether oxygens (including phenoxy) is 1. The van der Waals surface area contributed by atoms with Crippen LogP contribution in [0.3, 0.4) is 0 Å². The van der Waals surface area contributed by atoms with Gasteiger partial charge in [-0.05, 0) is 46.9 Å². The number of nitrogens with zero attached hydrogens (tertiary/aromatic N) is 2. The molecule has 1 aromatic carbocycles. The van der Waals surface area contributed by atoms with Crippen LogP contribution in [0.25, 0.3) is 0 Å². The molecular weight excluding hydrogens is 315 g/mol. The largest absolute Gasteiger partial charge is 0.439 e. The van der Waals surface area contributed by atoms with Crippen molar-refractivity contribution in [3.8, 4) is 17.7 Å². The van der Waals surface area contributed by atoms with Crippen LogP contribution in [0.15, 0.2) is 42.6 Å². The molecule has 0 radical (unpaired) electrons. The van der Waals surface area contributed by atoms with E-state index >= 15 is 0 Å². The molecule has 0 saturated heterocycles. The van der Waals surface area contributed by atoms with Crippen LogP contribution in [0.2, 0.25) is 0 Å². The Labute approximate surface area is 107 Å². The van der Waals surface area contributed by atoms with Crippen LogP contribution in [0.1, 0.15) is 5.56 Å². The molecule has 0 spiro atoms. The zero-order chi connectivity index (χ0) is 11.4. The number of halogens is 1. The van der Waals surface area contributed by atoms with Crippen LogP contribution in [-0.4, -0.2) is 4.98 Å². The van der Waals surface area contributed by atoms with Gasteiger partial charge in [0.2, 0.25) is 5.88 Å². The summed E-state index contributed by atoms with van der Waals surface area (Å²) in [5, 5.41) is 8.62. The van der Waals surface area contributed by atoms with E-state index in [1.807, 2.05) is 30.3 Å². The lowest BCUT2D eigenvalue weighted by Crippen LogP contribution is -1.88. The highest BCUT2D eigenvalue weighted by Crippen LogP contribution is 2.21. The summed E-state index contributed by atoms with van der Waals surface area (Å²) >= 11 is 2.22. The first-order valence-corrected chi connectivity index (χ1v) is 5.65. The number of hydrogen-bond acceptors (Lipinski definition) is 3. The molecule has 0 aliphatic heterocycles. The lowest BCUT2D eigenvalue weighted by molar-refractivity contribution is 0.462. The van der Waals surface area contributed by atoms with Gasteiger partial charge in [0, 0.05) is 15.8 Å². The van der Waals surface area contributed by atoms with Gasteiger partial charge in [-0.25, -0.2) is 4.98 Å². The molecule has 3 nitrogen and oxygen atoms in total. The number of hydrogen-bond donors (Lipinski definition) is 0. The lowest BCUT2D eigenvalue weighted by atomic mass is 10.3. The molecule has 0 bridgehead atoms. The number of pyridine rings is 1. The third kappa shape index (κ3) is 2.70. The van der Waals surface area contributed by atoms with Crippen molar-refractivity contribution in [1.29, 1.82) is 5.26 Å². The number of nitriles is 1. The first-order chi connectivity index (χ1) is 7.78. The minimum Gasteiger partial charge on any atom is -0.439 e. The number of benzene rings is 1. The smallest absolute Gasteiger partial charge is 0.219 e. The van der Waals surface area contributed by atoms with Crippen molar-refractivity contribution in [3.63, 3.8) is 0 Å². The summed E-state index contributed by atoms with van der Waals surface area (Å²) in [6.45, 7) is 0. The third-order valence-electron chi connectivity index (χ3n) is 1.88. The number of rotatable bonds is 2. The molecule has 0 atom stereocenters. The Bertz CT molecular complexity index is 531. The van der Waals surface area contributed by atoms with Crippen molar-refractivity contribution in [3.05, 3.63) is 51.7 Å². The Morgan fingerprint density at radius 3 is 2.75 bits per heavy atom. The monoisotopic (exact) mass is 322 g/mol. The van der Waals surface area contributed by atoms with Gasteiger partial charge in [-0.3, -0.25) is 0 Å². The Kier molecular flexibility index (Phi) is 3.37. The second kappa shape index (κ2) is 4.94. The van der Waals surface area contributed by atoms with Gasteiger partial charge in [-0.1, -0.05) is 6.07 Å². The summed E-state index contributed by atoms with van der Waals surface area (Å²) < 4.78 is 6.63. The molecule has 16 heavy (non-hydrogen) atoms. The average Bonchev–Trinajstić information content (AvgIpc) is 2.30. The zero-order valence-electron chi connectivity index (χ0n) is 8.22. The fourth-order valence-corrected chi connectivity index (χ4v) is 1.67. The molecule has 0 N–H and O–H groups in total. The Hall–Kier alpha value is -1.61. The fourth-order valence-electron chi connectivity index (χ4n) is 1.16. The minimum absolute atomic E-state index is 0.487. The molecule has 2 rings (SSSR count). The van der Waals surface area contributed by atoms with Crippen molar-refractivity contribution in [2.75, 3.05) is 0 Å². The zero-order valence-corrected chi connectivity index (χ0v) is 10.4. The first kappa shape index (κ1) is 10.9. The van der Waals surface area contributed by atoms with Crippen LogP contribution >= 0.6 is 22.6 Å². The standard InChI is InChI=1S/C12H7IN2O/c13-10-2-1-3-11(6-10)16-12-5-4-9(7-14)8-15-12/h1-6,8H. The molecule has 1 aromatic heterocycles. The fraction of sp³-hybridized carbons (Fsp3) is 0. The predicted octanol–water partition coefficient (Wildman–Crippen LogP) is 3.35. The van der Waals surface area contributed by atoms with Gasteiger partial charge in [0.1, 0.15) is 11.8 Å². The first-order valence-electron chi connectivity index (χ1n) is 4.57. The van der Waals surface area contributed by atoms with Crippen molar-refractivity contribution >= 4 is 22.6 Å². The summed E-state index contributed by atoms with van der Waals surface area (Å²) in [5.74, 6) is 1.23. The van der Waals surface area contributed by atoms with Gasteiger partial charge in [-0.15, -0.1) is 0 Å². The van der Waals surface area contributed by atoms with Gasteiger partial charge in [-0.2, -0.15) is 5.26 Å². The summed E-state index contributed by atoms with van der Waals surface area (Å²) in [4.78, 5) is 4.03. The van der Waals surface area contributed by atoms with Crippen LogP contribution in [0.4, 0.5) is 0 Å². The van der Waals surface area contributed by atoms with E-state index in [1.54, 1.807) is 12.1 Å². The maximum atomic E-state index is 8.62. The Morgan fingerprint density at radius 1 is 1.25 bits per heavy atom.